The Balaban J connectivity index is 1.27. The second kappa shape index (κ2) is 15.8. The van der Waals surface area contributed by atoms with Gasteiger partial charge in [0.05, 0.1) is 23.5 Å². The van der Waals surface area contributed by atoms with Crippen molar-refractivity contribution < 1.29 is 14.3 Å². The van der Waals surface area contributed by atoms with Gasteiger partial charge < -0.3 is 30.6 Å². The lowest BCUT2D eigenvalue weighted by molar-refractivity contribution is -0.118. The van der Waals surface area contributed by atoms with Crippen LogP contribution < -0.4 is 21.1 Å². The molecule has 1 fully saturated rings. The molecule has 6 rings (SSSR count). The first kappa shape index (κ1) is 35.7. The van der Waals surface area contributed by atoms with Gasteiger partial charge in [0.2, 0.25) is 5.91 Å². The first-order valence-electron chi connectivity index (χ1n) is 18.0. The third kappa shape index (κ3) is 9.15. The maximum Gasteiger partial charge on any atom is 0.315 e. The lowest BCUT2D eigenvalue weighted by atomic mass is 9.87. The van der Waals surface area contributed by atoms with Crippen LogP contribution in [0.25, 0.3) is 22.4 Å². The second-order valence-corrected chi connectivity index (χ2v) is 14.6. The highest BCUT2D eigenvalue weighted by Gasteiger charge is 2.21. The lowest BCUT2D eigenvalue weighted by Gasteiger charge is -2.19. The predicted octanol–water partition coefficient (Wildman–Crippen LogP) is 8.00. The molecule has 4 aromatic carbocycles. The number of nitrogens with one attached hydrogen (secondary N) is 2. The normalized spacial score (nSPS) is 14.0. The fraction of sp³-hybridized carbons (Fsp3) is 0.357. The van der Waals surface area contributed by atoms with Crippen LogP contribution in [0.4, 0.5) is 4.79 Å². The number of carbonyl (C=O) groups excluding carboxylic acids is 2. The van der Waals surface area contributed by atoms with Crippen LogP contribution in [0.15, 0.2) is 91.0 Å². The summed E-state index contributed by atoms with van der Waals surface area (Å²) in [6.45, 7) is 13.1. The standard InChI is InChI=1S/C42H50N6O3/c1-29-11-5-6-12-32(29)28-44-41(50)46-36(27-39(43)49)30-15-20-38-37(26-30)45-40(48(38)24-10-23-47-21-7-8-22-47)31-13-9-14-35(25-31)51-34-18-16-33(17-19-34)42(2,3)4/h5-6,9,11-20,25-26,36H,7-8,10,21-24,27-28H2,1-4H3,(H2,43,49)(H2,44,46,50). The molecule has 1 aliphatic rings. The second-order valence-electron chi connectivity index (χ2n) is 14.6. The third-order valence-corrected chi connectivity index (χ3v) is 9.69. The molecule has 1 aliphatic heterocycles. The number of primary amides is 1. The Morgan fingerprint density at radius 1 is 0.902 bits per heavy atom. The number of aryl methyl sites for hydroxylation is 2. The Hall–Kier alpha value is -5.15. The predicted molar refractivity (Wildman–Crippen MR) is 204 cm³/mol. The largest absolute Gasteiger partial charge is 0.457 e. The van der Waals surface area contributed by atoms with Crippen molar-refractivity contribution in [3.05, 3.63) is 113 Å². The number of fused-ring (bicyclic) bond motifs is 1. The highest BCUT2D eigenvalue weighted by atomic mass is 16.5. The summed E-state index contributed by atoms with van der Waals surface area (Å²) in [4.78, 5) is 32.9. The molecule has 0 radical (unpaired) electrons. The highest BCUT2D eigenvalue weighted by molar-refractivity contribution is 5.83. The Morgan fingerprint density at radius 2 is 1.67 bits per heavy atom. The zero-order valence-electron chi connectivity index (χ0n) is 30.2. The van der Waals surface area contributed by atoms with Gasteiger partial charge in [-0.3, -0.25) is 4.79 Å². The van der Waals surface area contributed by atoms with E-state index in [1.807, 2.05) is 79.7 Å². The highest BCUT2D eigenvalue weighted by Crippen LogP contribution is 2.32. The maximum absolute atomic E-state index is 13.0. The molecule has 4 N–H and O–H groups in total. The van der Waals surface area contributed by atoms with Gasteiger partial charge in [-0.05, 0) is 110 Å². The van der Waals surface area contributed by atoms with E-state index in [1.54, 1.807) is 0 Å². The Kier molecular flexibility index (Phi) is 11.1. The van der Waals surface area contributed by atoms with Crippen LogP contribution in [0, 0.1) is 6.92 Å². The number of hydrogen-bond donors (Lipinski definition) is 3. The van der Waals surface area contributed by atoms with Gasteiger partial charge in [-0.2, -0.15) is 0 Å². The van der Waals surface area contributed by atoms with Crippen LogP contribution in [0.3, 0.4) is 0 Å². The van der Waals surface area contributed by atoms with Crippen molar-refractivity contribution in [2.24, 2.45) is 5.73 Å². The molecule has 0 saturated carbocycles. The van der Waals surface area contributed by atoms with E-state index in [4.69, 9.17) is 15.5 Å². The quantitative estimate of drug-likeness (QED) is 0.116. The Labute approximate surface area is 301 Å². The molecule has 266 valence electrons. The van der Waals surface area contributed by atoms with Gasteiger partial charge in [-0.25, -0.2) is 9.78 Å². The van der Waals surface area contributed by atoms with E-state index in [9.17, 15) is 9.59 Å². The number of imidazole rings is 1. The number of nitrogens with zero attached hydrogens (tertiary/aromatic N) is 3. The zero-order chi connectivity index (χ0) is 36.0. The van der Waals surface area contributed by atoms with Gasteiger partial charge in [0, 0.05) is 18.7 Å². The minimum Gasteiger partial charge on any atom is -0.457 e. The number of aromatic nitrogens is 2. The van der Waals surface area contributed by atoms with Gasteiger partial charge in [0.1, 0.15) is 17.3 Å². The molecule has 51 heavy (non-hydrogen) atoms. The zero-order valence-corrected chi connectivity index (χ0v) is 30.2. The number of hydrogen-bond acceptors (Lipinski definition) is 5. The number of rotatable bonds is 13. The first-order chi connectivity index (χ1) is 24.5. The van der Waals surface area contributed by atoms with Crippen LogP contribution in [-0.4, -0.2) is 46.0 Å². The fourth-order valence-corrected chi connectivity index (χ4v) is 6.77. The summed E-state index contributed by atoms with van der Waals surface area (Å²) in [6, 6.07) is 29.2. The molecule has 5 aromatic rings. The molecular weight excluding hydrogens is 637 g/mol. The van der Waals surface area contributed by atoms with Gasteiger partial charge in [0.25, 0.3) is 0 Å². The number of urea groups is 1. The Morgan fingerprint density at radius 3 is 2.39 bits per heavy atom. The topological polar surface area (TPSA) is 115 Å². The summed E-state index contributed by atoms with van der Waals surface area (Å²) in [6.07, 6.45) is 3.47. The molecule has 1 aromatic heterocycles. The van der Waals surface area contributed by atoms with Gasteiger partial charge in [0.15, 0.2) is 0 Å². The van der Waals surface area contributed by atoms with E-state index >= 15 is 0 Å². The number of nitrogens with two attached hydrogens (primary N) is 1. The van der Waals surface area contributed by atoms with Crippen molar-refractivity contribution in [2.75, 3.05) is 19.6 Å². The van der Waals surface area contributed by atoms with E-state index in [2.05, 4.69) is 59.1 Å². The van der Waals surface area contributed by atoms with Crippen molar-refractivity contribution in [3.8, 4) is 22.9 Å². The van der Waals surface area contributed by atoms with Crippen molar-refractivity contribution in [1.29, 1.82) is 0 Å². The van der Waals surface area contributed by atoms with Crippen molar-refractivity contribution >= 4 is 23.0 Å². The molecular formula is C42H50N6O3. The molecule has 9 nitrogen and oxygen atoms in total. The molecule has 0 aliphatic carbocycles. The minimum absolute atomic E-state index is 0.0389. The molecule has 1 unspecified atom stereocenters. The van der Waals surface area contributed by atoms with Crippen LogP contribution >= 0.6 is 0 Å². The van der Waals surface area contributed by atoms with E-state index in [0.29, 0.717) is 6.54 Å². The molecule has 2 heterocycles. The number of ether oxygens (including phenoxy) is 1. The SMILES string of the molecule is Cc1ccccc1CNC(=O)NC(CC(N)=O)c1ccc2c(c1)nc(-c1cccc(Oc3ccc(C(C)(C)C)cc3)c1)n2CCCN1CCCC1. The number of likely N-dealkylation sites (tertiary alicyclic amines) is 1. The number of amides is 3. The van der Waals surface area contributed by atoms with Crippen LogP contribution in [-0.2, 0) is 23.3 Å². The van der Waals surface area contributed by atoms with E-state index < -0.39 is 11.9 Å². The summed E-state index contributed by atoms with van der Waals surface area (Å²) in [5.74, 6) is 1.85. The van der Waals surface area contributed by atoms with Crippen molar-refractivity contribution in [1.82, 2.24) is 25.1 Å². The molecule has 3 amide bonds. The summed E-state index contributed by atoms with van der Waals surface area (Å²) in [5, 5.41) is 5.90. The average Bonchev–Trinajstić information content (AvgIpc) is 3.75. The number of carbonyl (C=O) groups is 2. The smallest absolute Gasteiger partial charge is 0.315 e. The van der Waals surface area contributed by atoms with Crippen LogP contribution in [0.2, 0.25) is 0 Å². The summed E-state index contributed by atoms with van der Waals surface area (Å²) >= 11 is 0. The van der Waals surface area contributed by atoms with Crippen molar-refractivity contribution in [3.63, 3.8) is 0 Å². The number of benzene rings is 4. The van der Waals surface area contributed by atoms with Gasteiger partial charge >= 0.3 is 6.03 Å². The summed E-state index contributed by atoms with van der Waals surface area (Å²) < 4.78 is 8.59. The Bertz CT molecular complexity index is 1970. The average molecular weight is 687 g/mol. The van der Waals surface area contributed by atoms with Gasteiger partial charge in [-0.15, -0.1) is 0 Å². The van der Waals surface area contributed by atoms with Gasteiger partial charge in [-0.1, -0.05) is 75.4 Å². The lowest BCUT2D eigenvalue weighted by Crippen LogP contribution is -2.39. The molecule has 0 bridgehead atoms. The van der Waals surface area contributed by atoms with E-state index in [-0.39, 0.29) is 17.9 Å². The third-order valence-electron chi connectivity index (χ3n) is 9.69. The van der Waals surface area contributed by atoms with Crippen LogP contribution in [0.5, 0.6) is 11.5 Å². The summed E-state index contributed by atoms with van der Waals surface area (Å²) in [5.41, 5.74) is 12.6. The fourth-order valence-electron chi connectivity index (χ4n) is 6.77. The van der Waals surface area contributed by atoms with E-state index in [0.717, 1.165) is 83.2 Å². The minimum atomic E-state index is -0.617. The summed E-state index contributed by atoms with van der Waals surface area (Å²) in [7, 11) is 0. The van der Waals surface area contributed by atoms with Crippen molar-refractivity contribution in [2.45, 2.75) is 77.9 Å². The maximum atomic E-state index is 13.0. The molecule has 0 spiro atoms. The monoisotopic (exact) mass is 686 g/mol. The molecule has 1 atom stereocenters. The van der Waals surface area contributed by atoms with Crippen LogP contribution in [0.1, 0.15) is 74.8 Å². The van der Waals surface area contributed by atoms with E-state index in [1.165, 1.54) is 18.4 Å². The molecule has 9 heteroatoms. The first-order valence-corrected chi connectivity index (χ1v) is 18.0. The molecule has 1 saturated heterocycles.